The molecule has 5 heterocycles. The zero-order chi connectivity index (χ0) is 20.9. The minimum absolute atomic E-state index is 0.0778. The van der Waals surface area contributed by atoms with E-state index >= 15 is 0 Å². The summed E-state index contributed by atoms with van der Waals surface area (Å²) in [4.78, 5) is 28.1. The van der Waals surface area contributed by atoms with Gasteiger partial charge >= 0.3 is 0 Å². The van der Waals surface area contributed by atoms with Crippen molar-refractivity contribution in [1.82, 2.24) is 29.5 Å². The van der Waals surface area contributed by atoms with Crippen molar-refractivity contribution in [3.63, 3.8) is 0 Å². The molecule has 6 rings (SSSR count). The monoisotopic (exact) mass is 472 g/mol. The summed E-state index contributed by atoms with van der Waals surface area (Å²) in [5, 5.41) is 6.52. The van der Waals surface area contributed by atoms with Crippen molar-refractivity contribution in [3.8, 4) is 0 Å². The minimum Gasteiger partial charge on any atom is -0.348 e. The Bertz CT molecular complexity index is 1460. The van der Waals surface area contributed by atoms with E-state index in [1.807, 2.05) is 47.6 Å². The number of nitrogens with one attached hydrogen (secondary N) is 1. The summed E-state index contributed by atoms with van der Waals surface area (Å²) in [7, 11) is 0. The van der Waals surface area contributed by atoms with Gasteiger partial charge in [-0.05, 0) is 39.5 Å². The van der Waals surface area contributed by atoms with Crippen LogP contribution in [-0.2, 0) is 6.42 Å². The van der Waals surface area contributed by atoms with E-state index in [-0.39, 0.29) is 11.9 Å². The molecular formula is C23H17BrN6O. The van der Waals surface area contributed by atoms with E-state index in [1.54, 1.807) is 17.0 Å². The molecule has 0 saturated carbocycles. The van der Waals surface area contributed by atoms with Crippen LogP contribution in [0.5, 0.6) is 0 Å². The highest BCUT2D eigenvalue weighted by atomic mass is 79.9. The predicted molar refractivity (Wildman–Crippen MR) is 120 cm³/mol. The van der Waals surface area contributed by atoms with Gasteiger partial charge in [0.2, 0.25) is 0 Å². The number of benzene rings is 1. The van der Waals surface area contributed by atoms with E-state index in [4.69, 9.17) is 4.98 Å². The van der Waals surface area contributed by atoms with Crippen molar-refractivity contribution in [3.05, 3.63) is 94.5 Å². The number of halogens is 1. The van der Waals surface area contributed by atoms with Gasteiger partial charge in [0.05, 0.1) is 35.0 Å². The van der Waals surface area contributed by atoms with Gasteiger partial charge in [0.1, 0.15) is 6.04 Å². The highest BCUT2D eigenvalue weighted by Crippen LogP contribution is 2.35. The van der Waals surface area contributed by atoms with Crippen LogP contribution >= 0.6 is 15.9 Å². The molecule has 8 heteroatoms. The van der Waals surface area contributed by atoms with Crippen LogP contribution in [0.4, 0.5) is 0 Å². The van der Waals surface area contributed by atoms with E-state index in [9.17, 15) is 4.79 Å². The van der Waals surface area contributed by atoms with Crippen LogP contribution in [0, 0.1) is 0 Å². The maximum Gasteiger partial charge on any atom is 0.258 e. The van der Waals surface area contributed by atoms with Crippen LogP contribution in [0.2, 0.25) is 0 Å². The lowest BCUT2D eigenvalue weighted by atomic mass is 9.97. The van der Waals surface area contributed by atoms with Gasteiger partial charge in [0, 0.05) is 40.9 Å². The number of carbonyl (C=O) groups excluding carboxylic acids is 1. The Morgan fingerprint density at radius 1 is 1.10 bits per heavy atom. The molecular weight excluding hydrogens is 456 g/mol. The Morgan fingerprint density at radius 2 is 1.97 bits per heavy atom. The number of pyridine rings is 2. The van der Waals surface area contributed by atoms with Crippen molar-refractivity contribution in [2.24, 2.45) is 0 Å². The number of fused-ring (bicyclic) bond motifs is 3. The second-order valence-electron chi connectivity index (χ2n) is 7.61. The van der Waals surface area contributed by atoms with Gasteiger partial charge in [-0.15, -0.1) is 0 Å². The molecule has 152 valence electrons. The molecule has 1 aliphatic heterocycles. The molecule has 0 aliphatic carbocycles. The molecule has 7 nitrogen and oxygen atoms in total. The van der Waals surface area contributed by atoms with E-state index < -0.39 is 0 Å². The number of H-pyrrole nitrogens is 1. The Labute approximate surface area is 185 Å². The molecule has 0 spiro atoms. The molecule has 0 saturated heterocycles. The van der Waals surface area contributed by atoms with Crippen molar-refractivity contribution in [2.75, 3.05) is 6.54 Å². The predicted octanol–water partition coefficient (Wildman–Crippen LogP) is 4.16. The topological polar surface area (TPSA) is 79.2 Å². The molecule has 1 aliphatic rings. The van der Waals surface area contributed by atoms with Gasteiger partial charge in [-0.1, -0.05) is 24.3 Å². The first-order valence-corrected chi connectivity index (χ1v) is 10.8. The number of rotatable bonds is 2. The number of imidazole rings is 1. The van der Waals surface area contributed by atoms with E-state index in [0.717, 1.165) is 44.3 Å². The Kier molecular flexibility index (Phi) is 4.14. The van der Waals surface area contributed by atoms with Crippen molar-refractivity contribution in [1.29, 1.82) is 0 Å². The van der Waals surface area contributed by atoms with Crippen molar-refractivity contribution >= 4 is 38.1 Å². The van der Waals surface area contributed by atoms with Gasteiger partial charge in [-0.3, -0.25) is 9.78 Å². The molecule has 1 N–H and O–H groups in total. The second-order valence-corrected chi connectivity index (χ2v) is 8.52. The maximum absolute atomic E-state index is 13.7. The van der Waals surface area contributed by atoms with E-state index in [0.29, 0.717) is 12.1 Å². The average Bonchev–Trinajstić information content (AvgIpc) is 3.44. The van der Waals surface area contributed by atoms with Crippen molar-refractivity contribution in [2.45, 2.75) is 12.5 Å². The standard InChI is InChI=1S/C23H17BrN6O/c24-16-5-6-20-17(11-28-30(20)12-16)23(31)29-8-7-18-21(27-13-26-18)22(29)19-9-14-3-1-2-4-15(14)10-25-19/h1-6,9-13,22H,7-8H2,(H,26,27)/t22-/m1/s1. The summed E-state index contributed by atoms with van der Waals surface area (Å²) in [6.45, 7) is 0.571. The number of aromatic nitrogens is 5. The summed E-state index contributed by atoms with van der Waals surface area (Å²) in [5.74, 6) is -0.0778. The zero-order valence-electron chi connectivity index (χ0n) is 16.4. The second kappa shape index (κ2) is 7.02. The molecule has 0 fully saturated rings. The highest BCUT2D eigenvalue weighted by Gasteiger charge is 2.36. The minimum atomic E-state index is -0.363. The fourth-order valence-corrected chi connectivity index (χ4v) is 4.65. The largest absolute Gasteiger partial charge is 0.348 e. The first kappa shape index (κ1) is 18.3. The van der Waals surface area contributed by atoms with Crippen LogP contribution in [0.3, 0.4) is 0 Å². The fraction of sp³-hybridized carbons (Fsp3) is 0.130. The molecule has 1 atom stereocenters. The van der Waals surface area contributed by atoms with Crippen LogP contribution in [0.15, 0.2) is 71.9 Å². The van der Waals surface area contributed by atoms with E-state index in [2.05, 4.69) is 43.1 Å². The molecule has 0 radical (unpaired) electrons. The number of carbonyl (C=O) groups is 1. The molecule has 0 bridgehead atoms. The van der Waals surface area contributed by atoms with Gasteiger partial charge in [-0.2, -0.15) is 5.10 Å². The van der Waals surface area contributed by atoms with Crippen LogP contribution in [-0.4, -0.2) is 41.9 Å². The number of amides is 1. The van der Waals surface area contributed by atoms with Crippen LogP contribution < -0.4 is 0 Å². The summed E-state index contributed by atoms with van der Waals surface area (Å²) in [6, 6.07) is 13.6. The summed E-state index contributed by atoms with van der Waals surface area (Å²) in [6.07, 6.45) is 7.75. The normalized spacial score (nSPS) is 16.0. The summed E-state index contributed by atoms with van der Waals surface area (Å²) < 4.78 is 2.62. The molecule has 0 unspecified atom stereocenters. The average molecular weight is 473 g/mol. The maximum atomic E-state index is 13.7. The summed E-state index contributed by atoms with van der Waals surface area (Å²) in [5.41, 5.74) is 4.04. The zero-order valence-corrected chi connectivity index (χ0v) is 18.0. The third kappa shape index (κ3) is 2.94. The molecule has 4 aromatic heterocycles. The van der Waals surface area contributed by atoms with Crippen LogP contribution in [0.1, 0.15) is 33.5 Å². The van der Waals surface area contributed by atoms with Gasteiger partial charge in [0.15, 0.2) is 0 Å². The Hall–Kier alpha value is -3.52. The van der Waals surface area contributed by atoms with Gasteiger partial charge in [0.25, 0.3) is 5.91 Å². The quantitative estimate of drug-likeness (QED) is 0.418. The third-order valence-corrected chi connectivity index (χ3v) is 6.30. The molecule has 1 aromatic carbocycles. The molecule has 5 aromatic rings. The Balaban J connectivity index is 1.48. The lowest BCUT2D eigenvalue weighted by Crippen LogP contribution is -2.41. The number of aromatic amines is 1. The first-order valence-electron chi connectivity index (χ1n) is 10.00. The molecule has 1 amide bonds. The first-order chi connectivity index (χ1) is 15.2. The lowest BCUT2D eigenvalue weighted by molar-refractivity contribution is 0.0689. The van der Waals surface area contributed by atoms with E-state index in [1.165, 1.54) is 0 Å². The van der Waals surface area contributed by atoms with Crippen LogP contribution in [0.25, 0.3) is 16.3 Å². The lowest BCUT2D eigenvalue weighted by Gasteiger charge is -2.34. The number of hydrogen-bond donors (Lipinski definition) is 1. The highest BCUT2D eigenvalue weighted by molar-refractivity contribution is 9.10. The summed E-state index contributed by atoms with van der Waals surface area (Å²) >= 11 is 3.45. The van der Waals surface area contributed by atoms with Gasteiger partial charge < -0.3 is 9.88 Å². The number of nitrogens with zero attached hydrogens (tertiary/aromatic N) is 5. The third-order valence-electron chi connectivity index (χ3n) is 5.83. The number of hydrogen-bond acceptors (Lipinski definition) is 4. The Morgan fingerprint density at radius 3 is 2.87 bits per heavy atom. The van der Waals surface area contributed by atoms with Crippen molar-refractivity contribution < 1.29 is 4.79 Å². The molecule has 31 heavy (non-hydrogen) atoms. The van der Waals surface area contributed by atoms with Gasteiger partial charge in [-0.25, -0.2) is 9.50 Å². The fourth-order valence-electron chi connectivity index (χ4n) is 4.32. The smallest absolute Gasteiger partial charge is 0.258 e. The SMILES string of the molecule is O=C(c1cnn2cc(Br)ccc12)N1CCc2[nH]cnc2[C@H]1c1cc2ccccc2cn1.